The van der Waals surface area contributed by atoms with Crippen LogP contribution in [0.25, 0.3) is 10.9 Å². The molecule has 0 aliphatic carbocycles. The van der Waals surface area contributed by atoms with Crippen molar-refractivity contribution in [1.29, 1.82) is 0 Å². The molecule has 3 aliphatic heterocycles. The number of likely N-dealkylation sites (tertiary alicyclic amines) is 1. The van der Waals surface area contributed by atoms with Gasteiger partial charge in [0.05, 0.1) is 17.3 Å². The molecule has 0 saturated carbocycles. The summed E-state index contributed by atoms with van der Waals surface area (Å²) >= 11 is 0. The number of fused-ring (bicyclic) bond motifs is 5. The molecule has 8 heteroatoms. The highest BCUT2D eigenvalue weighted by Gasteiger charge is 2.47. The van der Waals surface area contributed by atoms with Crippen LogP contribution in [0.3, 0.4) is 0 Å². The zero-order valence-electron chi connectivity index (χ0n) is 23.7. The molecule has 2 saturated heterocycles. The molecule has 2 unspecified atom stereocenters. The third-order valence-corrected chi connectivity index (χ3v) is 8.10. The van der Waals surface area contributed by atoms with E-state index in [4.69, 9.17) is 9.47 Å². The molecule has 208 valence electrons. The van der Waals surface area contributed by atoms with Crippen LogP contribution in [0.5, 0.6) is 0 Å². The Kier molecular flexibility index (Phi) is 7.01. The number of piperidine rings is 2. The number of carbonyl (C=O) groups is 2. The van der Waals surface area contributed by atoms with Crippen molar-refractivity contribution >= 4 is 23.1 Å². The number of nitrogens with zero attached hydrogens (tertiary/aromatic N) is 3. The first-order chi connectivity index (χ1) is 17.9. The Labute approximate surface area is 225 Å². The normalized spacial score (nSPS) is 26.6. The van der Waals surface area contributed by atoms with Crippen LogP contribution >= 0.6 is 0 Å². The lowest BCUT2D eigenvalue weighted by Gasteiger charge is -2.51. The fourth-order valence-corrected chi connectivity index (χ4v) is 6.76. The Balaban J connectivity index is 1.48. The van der Waals surface area contributed by atoms with Crippen molar-refractivity contribution in [2.45, 2.75) is 110 Å². The van der Waals surface area contributed by atoms with Crippen LogP contribution in [0.4, 0.5) is 9.59 Å². The molecule has 1 aromatic carbocycles. The first-order valence-electron chi connectivity index (χ1n) is 14.1. The van der Waals surface area contributed by atoms with E-state index in [0.29, 0.717) is 6.54 Å². The number of benzene rings is 1. The van der Waals surface area contributed by atoms with Crippen LogP contribution in [0.1, 0.15) is 90.9 Å². The minimum atomic E-state index is -0.888. The van der Waals surface area contributed by atoms with Gasteiger partial charge in [0.2, 0.25) is 0 Å². The van der Waals surface area contributed by atoms with Gasteiger partial charge in [-0.3, -0.25) is 9.80 Å². The number of ether oxygens (including phenoxy) is 2. The number of aliphatic hydroxyl groups excluding tert-OH is 1. The fraction of sp³-hybridized carbons (Fsp3) is 0.667. The molecule has 3 aliphatic rings. The lowest BCUT2D eigenvalue weighted by molar-refractivity contribution is -0.106. The molecule has 0 spiro atoms. The average molecular weight is 526 g/mol. The summed E-state index contributed by atoms with van der Waals surface area (Å²) in [5.74, 6) is -0.0695. The van der Waals surface area contributed by atoms with E-state index >= 15 is 0 Å². The van der Waals surface area contributed by atoms with Gasteiger partial charge >= 0.3 is 12.2 Å². The van der Waals surface area contributed by atoms with Gasteiger partial charge in [-0.15, -0.1) is 0 Å². The summed E-state index contributed by atoms with van der Waals surface area (Å²) in [5, 5.41) is 12.6. The molecule has 4 atom stereocenters. The van der Waals surface area contributed by atoms with Gasteiger partial charge in [-0.05, 0) is 91.7 Å². The summed E-state index contributed by atoms with van der Waals surface area (Å²) in [6.45, 7) is 12.6. The minimum absolute atomic E-state index is 0.0570. The number of amides is 1. The standard InChI is InChI=1S/C30H43N3O5/c1-29(2,3)37-27(35)32-17-10-12-21(26(32)34)22-14-9-15-24-25-20(16-18-31(22)24)19-11-7-8-13-23(19)33(25)28(36)38-30(4,5)6/h7-8,11,13,21-22,24,26,34H,9-10,12,14-18H2,1-6H3/t21?,22-,24+,26?/m0/s1. The number of carbonyl (C=O) groups excluding carboxylic acids is 2. The number of para-hydroxylation sites is 1. The molecular formula is C30H43N3O5. The lowest BCUT2D eigenvalue weighted by atomic mass is 9.79. The van der Waals surface area contributed by atoms with Gasteiger partial charge < -0.3 is 14.6 Å². The highest BCUT2D eigenvalue weighted by Crippen LogP contribution is 2.46. The fourth-order valence-electron chi connectivity index (χ4n) is 6.76. The van der Waals surface area contributed by atoms with Crippen molar-refractivity contribution in [2.75, 3.05) is 13.1 Å². The minimum Gasteiger partial charge on any atom is -0.444 e. The molecule has 2 aromatic rings. The number of hydrogen-bond acceptors (Lipinski definition) is 6. The summed E-state index contributed by atoms with van der Waals surface area (Å²) < 4.78 is 13.3. The second kappa shape index (κ2) is 9.87. The summed E-state index contributed by atoms with van der Waals surface area (Å²) in [4.78, 5) is 30.5. The smallest absolute Gasteiger partial charge is 0.419 e. The summed E-state index contributed by atoms with van der Waals surface area (Å²) in [6.07, 6.45) is 3.74. The Hall–Kier alpha value is -2.58. The van der Waals surface area contributed by atoms with Crippen LogP contribution in [0.15, 0.2) is 24.3 Å². The number of rotatable bonds is 1. The summed E-state index contributed by atoms with van der Waals surface area (Å²) in [7, 11) is 0. The van der Waals surface area contributed by atoms with E-state index in [-0.39, 0.29) is 24.1 Å². The molecule has 2 fully saturated rings. The predicted octanol–water partition coefficient (Wildman–Crippen LogP) is 5.84. The first kappa shape index (κ1) is 27.0. The molecule has 0 radical (unpaired) electrons. The quantitative estimate of drug-likeness (QED) is 0.503. The van der Waals surface area contributed by atoms with E-state index in [2.05, 4.69) is 11.0 Å². The summed E-state index contributed by atoms with van der Waals surface area (Å²) in [6, 6.07) is 8.29. The van der Waals surface area contributed by atoms with Gasteiger partial charge in [0, 0.05) is 30.4 Å². The van der Waals surface area contributed by atoms with Crippen LogP contribution in [0.2, 0.25) is 0 Å². The van der Waals surface area contributed by atoms with Gasteiger partial charge in [0.15, 0.2) is 0 Å². The monoisotopic (exact) mass is 525 g/mol. The maximum Gasteiger partial charge on any atom is 0.419 e. The predicted molar refractivity (Wildman–Crippen MR) is 146 cm³/mol. The molecular weight excluding hydrogens is 482 g/mol. The van der Waals surface area contributed by atoms with Crippen LogP contribution < -0.4 is 0 Å². The summed E-state index contributed by atoms with van der Waals surface area (Å²) in [5.41, 5.74) is 1.94. The van der Waals surface area contributed by atoms with Gasteiger partial charge in [-0.1, -0.05) is 18.2 Å². The van der Waals surface area contributed by atoms with Crippen LogP contribution in [0, 0.1) is 5.92 Å². The van der Waals surface area contributed by atoms with Crippen molar-refractivity contribution in [3.05, 3.63) is 35.5 Å². The molecule has 1 aromatic heterocycles. The molecule has 8 nitrogen and oxygen atoms in total. The largest absolute Gasteiger partial charge is 0.444 e. The third kappa shape index (κ3) is 5.05. The molecule has 4 heterocycles. The Morgan fingerprint density at radius 2 is 1.58 bits per heavy atom. The highest BCUT2D eigenvalue weighted by atomic mass is 16.6. The van der Waals surface area contributed by atoms with Gasteiger partial charge in [0.1, 0.15) is 17.4 Å². The van der Waals surface area contributed by atoms with Gasteiger partial charge in [-0.2, -0.15) is 0 Å². The topological polar surface area (TPSA) is 84.2 Å². The van der Waals surface area contributed by atoms with E-state index in [0.717, 1.165) is 61.7 Å². The van der Waals surface area contributed by atoms with Crippen molar-refractivity contribution in [1.82, 2.24) is 14.4 Å². The van der Waals surface area contributed by atoms with Crippen molar-refractivity contribution in [3.8, 4) is 0 Å². The van der Waals surface area contributed by atoms with E-state index in [1.165, 1.54) is 10.5 Å². The number of aromatic nitrogens is 1. The molecule has 1 N–H and O–H groups in total. The Bertz CT molecular complexity index is 1210. The first-order valence-corrected chi connectivity index (χ1v) is 14.1. The number of hydrogen-bond donors (Lipinski definition) is 1. The van der Waals surface area contributed by atoms with E-state index in [1.54, 1.807) is 4.57 Å². The van der Waals surface area contributed by atoms with Crippen LogP contribution in [-0.4, -0.2) is 68.2 Å². The van der Waals surface area contributed by atoms with Crippen molar-refractivity contribution in [2.24, 2.45) is 5.92 Å². The SMILES string of the molecule is CC(C)(C)OC(=O)N1CCCC([C@@H]2CCC[C@@H]3c4c(c5ccccc5n4C(=O)OC(C)(C)C)CCN32)C1O. The second-order valence-electron chi connectivity index (χ2n) is 13.1. The van der Waals surface area contributed by atoms with E-state index < -0.39 is 23.5 Å². The highest BCUT2D eigenvalue weighted by molar-refractivity contribution is 5.94. The molecule has 1 amide bonds. The molecule has 5 rings (SSSR count). The van der Waals surface area contributed by atoms with Crippen molar-refractivity contribution < 1.29 is 24.2 Å². The van der Waals surface area contributed by atoms with E-state index in [1.807, 2.05) is 59.7 Å². The average Bonchev–Trinajstić information content (AvgIpc) is 3.17. The zero-order valence-corrected chi connectivity index (χ0v) is 23.7. The number of aliphatic hydroxyl groups is 1. The van der Waals surface area contributed by atoms with Crippen molar-refractivity contribution in [3.63, 3.8) is 0 Å². The zero-order chi connectivity index (χ0) is 27.4. The van der Waals surface area contributed by atoms with Gasteiger partial charge in [-0.25, -0.2) is 14.2 Å². The lowest BCUT2D eigenvalue weighted by Crippen LogP contribution is -2.58. The van der Waals surface area contributed by atoms with Crippen LogP contribution in [-0.2, 0) is 15.9 Å². The third-order valence-electron chi connectivity index (χ3n) is 8.10. The maximum absolute atomic E-state index is 13.6. The molecule has 38 heavy (non-hydrogen) atoms. The second-order valence-corrected chi connectivity index (χ2v) is 13.1. The van der Waals surface area contributed by atoms with E-state index in [9.17, 15) is 14.7 Å². The Morgan fingerprint density at radius 3 is 2.29 bits per heavy atom. The maximum atomic E-state index is 13.6. The Morgan fingerprint density at radius 1 is 0.895 bits per heavy atom. The van der Waals surface area contributed by atoms with Gasteiger partial charge in [0.25, 0.3) is 0 Å². The molecule has 0 bridgehead atoms.